The minimum absolute atomic E-state index is 0.0571. The number of carbonyl (C=O) groups excluding carboxylic acids is 1. The highest BCUT2D eigenvalue weighted by atomic mass is 32.1. The van der Waals surface area contributed by atoms with Gasteiger partial charge in [-0.2, -0.15) is 0 Å². The van der Waals surface area contributed by atoms with E-state index in [0.29, 0.717) is 23.2 Å². The molecule has 1 aromatic carbocycles. The Morgan fingerprint density at radius 3 is 2.92 bits per heavy atom. The summed E-state index contributed by atoms with van der Waals surface area (Å²) < 4.78 is 5.97. The zero-order valence-corrected chi connectivity index (χ0v) is 14.3. The predicted molar refractivity (Wildman–Crippen MR) is 93.9 cm³/mol. The summed E-state index contributed by atoms with van der Waals surface area (Å²) in [5.74, 6) is 1.07. The molecule has 1 aliphatic carbocycles. The summed E-state index contributed by atoms with van der Waals surface area (Å²) >= 11 is 1.63. The summed E-state index contributed by atoms with van der Waals surface area (Å²) in [6.45, 7) is 4.11. The van der Waals surface area contributed by atoms with Gasteiger partial charge in [0.05, 0.1) is 5.39 Å². The van der Waals surface area contributed by atoms with E-state index in [1.54, 1.807) is 23.5 Å². The number of thiophene rings is 1. The van der Waals surface area contributed by atoms with E-state index in [9.17, 15) is 4.79 Å². The number of rotatable bonds is 4. The van der Waals surface area contributed by atoms with E-state index in [0.717, 1.165) is 28.6 Å². The molecule has 0 saturated heterocycles. The summed E-state index contributed by atoms with van der Waals surface area (Å²) in [7, 11) is 0. The third-order valence-electron chi connectivity index (χ3n) is 4.15. The Labute approximate surface area is 143 Å². The topological polar surface area (TPSA) is 64.1 Å². The molecule has 2 heterocycles. The van der Waals surface area contributed by atoms with Crippen molar-refractivity contribution < 1.29 is 9.53 Å². The van der Waals surface area contributed by atoms with Crippen LogP contribution >= 0.6 is 11.3 Å². The molecule has 0 radical (unpaired) electrons. The van der Waals surface area contributed by atoms with Gasteiger partial charge < -0.3 is 10.1 Å². The molecule has 0 bridgehead atoms. The fraction of sp³-hybridized carbons (Fsp3) is 0.278. The van der Waals surface area contributed by atoms with Crippen LogP contribution in [0.4, 0.5) is 0 Å². The Morgan fingerprint density at radius 2 is 2.12 bits per heavy atom. The Hall–Kier alpha value is -2.47. The van der Waals surface area contributed by atoms with Crippen molar-refractivity contribution in [2.75, 3.05) is 0 Å². The molecule has 122 valence electrons. The van der Waals surface area contributed by atoms with E-state index in [1.165, 1.54) is 11.2 Å². The van der Waals surface area contributed by atoms with Crippen LogP contribution in [0.2, 0.25) is 0 Å². The van der Waals surface area contributed by atoms with Crippen LogP contribution in [-0.4, -0.2) is 21.9 Å². The molecule has 1 fully saturated rings. The molecule has 0 aliphatic heterocycles. The number of carbonyl (C=O) groups is 1. The number of amides is 1. The Morgan fingerprint density at radius 1 is 1.29 bits per heavy atom. The van der Waals surface area contributed by atoms with Gasteiger partial charge in [0.2, 0.25) is 5.88 Å². The molecule has 4 rings (SSSR count). The van der Waals surface area contributed by atoms with E-state index >= 15 is 0 Å². The average molecular weight is 339 g/mol. The lowest BCUT2D eigenvalue weighted by atomic mass is 10.2. The van der Waals surface area contributed by atoms with Crippen molar-refractivity contribution in [2.24, 2.45) is 0 Å². The highest BCUT2D eigenvalue weighted by molar-refractivity contribution is 7.18. The van der Waals surface area contributed by atoms with Gasteiger partial charge in [0.15, 0.2) is 0 Å². The third kappa shape index (κ3) is 2.85. The molecule has 1 aliphatic rings. The highest BCUT2D eigenvalue weighted by Crippen LogP contribution is 2.35. The molecule has 0 atom stereocenters. The Kier molecular flexibility index (Phi) is 3.69. The maximum atomic E-state index is 12.2. The maximum absolute atomic E-state index is 12.2. The van der Waals surface area contributed by atoms with Crippen LogP contribution in [0, 0.1) is 13.8 Å². The molecule has 0 unspecified atom stereocenters. The smallest absolute Gasteiger partial charge is 0.251 e. The zero-order valence-electron chi connectivity index (χ0n) is 13.5. The standard InChI is InChI=1S/C18H17N3O2S/c1-10-11(2)24-18-15(10)17(19-9-20-18)23-14-5-3-4-12(8-14)16(22)21-13-6-7-13/h3-5,8-9,13H,6-7H2,1-2H3,(H,21,22). The van der Waals surface area contributed by atoms with E-state index in [-0.39, 0.29) is 5.91 Å². The summed E-state index contributed by atoms with van der Waals surface area (Å²) in [6.07, 6.45) is 3.64. The minimum Gasteiger partial charge on any atom is -0.438 e. The number of hydrogen-bond donors (Lipinski definition) is 1. The summed E-state index contributed by atoms with van der Waals surface area (Å²) in [4.78, 5) is 22.9. The third-order valence-corrected chi connectivity index (χ3v) is 5.27. The first-order valence-corrected chi connectivity index (χ1v) is 8.73. The van der Waals surface area contributed by atoms with Gasteiger partial charge in [-0.3, -0.25) is 4.79 Å². The average Bonchev–Trinajstić information content (AvgIpc) is 3.33. The first-order valence-electron chi connectivity index (χ1n) is 7.91. The largest absolute Gasteiger partial charge is 0.438 e. The fourth-order valence-electron chi connectivity index (χ4n) is 2.54. The van der Waals surface area contributed by atoms with Crippen molar-refractivity contribution in [3.05, 3.63) is 46.6 Å². The Balaban J connectivity index is 1.65. The lowest BCUT2D eigenvalue weighted by molar-refractivity contribution is 0.0950. The number of ether oxygens (including phenoxy) is 1. The van der Waals surface area contributed by atoms with Crippen LogP contribution in [0.3, 0.4) is 0 Å². The molecule has 1 N–H and O–H groups in total. The number of aryl methyl sites for hydroxylation is 2. The number of aromatic nitrogens is 2. The summed E-state index contributed by atoms with van der Waals surface area (Å²) in [5.41, 5.74) is 1.73. The SMILES string of the molecule is Cc1sc2ncnc(Oc3cccc(C(=O)NC4CC4)c3)c2c1C. The molecule has 24 heavy (non-hydrogen) atoms. The molecular weight excluding hydrogens is 322 g/mol. The molecule has 3 aromatic rings. The predicted octanol–water partition coefficient (Wildman–Crippen LogP) is 3.99. The molecule has 1 saturated carbocycles. The zero-order chi connectivity index (χ0) is 16.7. The number of nitrogens with zero attached hydrogens (tertiary/aromatic N) is 2. The van der Waals surface area contributed by atoms with Crippen molar-refractivity contribution in [3.63, 3.8) is 0 Å². The van der Waals surface area contributed by atoms with Gasteiger partial charge in [-0.05, 0) is 50.5 Å². The quantitative estimate of drug-likeness (QED) is 0.780. The van der Waals surface area contributed by atoms with Crippen molar-refractivity contribution in [1.29, 1.82) is 0 Å². The Bertz CT molecular complexity index is 931. The van der Waals surface area contributed by atoms with Crippen LogP contribution in [0.15, 0.2) is 30.6 Å². The van der Waals surface area contributed by atoms with Crippen molar-refractivity contribution in [1.82, 2.24) is 15.3 Å². The number of fused-ring (bicyclic) bond motifs is 1. The van der Waals surface area contributed by atoms with Gasteiger partial charge in [-0.15, -0.1) is 11.3 Å². The van der Waals surface area contributed by atoms with Gasteiger partial charge in [0, 0.05) is 16.5 Å². The van der Waals surface area contributed by atoms with E-state index in [2.05, 4.69) is 22.2 Å². The normalized spacial score (nSPS) is 13.9. The van der Waals surface area contributed by atoms with Gasteiger partial charge >= 0.3 is 0 Å². The van der Waals surface area contributed by atoms with Gasteiger partial charge in [-0.25, -0.2) is 9.97 Å². The minimum atomic E-state index is -0.0571. The fourth-order valence-corrected chi connectivity index (χ4v) is 3.52. The van der Waals surface area contributed by atoms with Crippen molar-refractivity contribution in [3.8, 4) is 11.6 Å². The van der Waals surface area contributed by atoms with Gasteiger partial charge in [0.25, 0.3) is 5.91 Å². The van der Waals surface area contributed by atoms with Crippen LogP contribution in [0.5, 0.6) is 11.6 Å². The monoisotopic (exact) mass is 339 g/mol. The molecule has 1 amide bonds. The first kappa shape index (κ1) is 15.1. The number of benzene rings is 1. The van der Waals surface area contributed by atoms with E-state index in [4.69, 9.17) is 4.74 Å². The van der Waals surface area contributed by atoms with Crippen molar-refractivity contribution >= 4 is 27.5 Å². The second kappa shape index (κ2) is 5.87. The van der Waals surface area contributed by atoms with E-state index < -0.39 is 0 Å². The van der Waals surface area contributed by atoms with Gasteiger partial charge in [-0.1, -0.05) is 6.07 Å². The number of nitrogens with one attached hydrogen (secondary N) is 1. The van der Waals surface area contributed by atoms with Crippen molar-refractivity contribution in [2.45, 2.75) is 32.7 Å². The van der Waals surface area contributed by atoms with Crippen LogP contribution < -0.4 is 10.1 Å². The van der Waals surface area contributed by atoms with Crippen LogP contribution in [0.25, 0.3) is 10.2 Å². The molecule has 6 heteroatoms. The lowest BCUT2D eigenvalue weighted by Gasteiger charge is -2.08. The second-order valence-corrected chi connectivity index (χ2v) is 7.22. The lowest BCUT2D eigenvalue weighted by Crippen LogP contribution is -2.25. The van der Waals surface area contributed by atoms with Crippen LogP contribution in [0.1, 0.15) is 33.6 Å². The van der Waals surface area contributed by atoms with Crippen LogP contribution in [-0.2, 0) is 0 Å². The molecule has 0 spiro atoms. The summed E-state index contributed by atoms with van der Waals surface area (Å²) in [6, 6.07) is 7.53. The van der Waals surface area contributed by atoms with Gasteiger partial charge in [0.1, 0.15) is 16.9 Å². The number of hydrogen-bond acceptors (Lipinski definition) is 5. The highest BCUT2D eigenvalue weighted by Gasteiger charge is 2.24. The van der Waals surface area contributed by atoms with E-state index in [1.807, 2.05) is 19.1 Å². The maximum Gasteiger partial charge on any atom is 0.251 e. The molecular formula is C18H17N3O2S. The molecule has 5 nitrogen and oxygen atoms in total. The molecule has 2 aromatic heterocycles. The summed E-state index contributed by atoms with van der Waals surface area (Å²) in [5, 5.41) is 3.92. The second-order valence-electron chi connectivity index (χ2n) is 6.02. The first-order chi connectivity index (χ1) is 11.6.